The van der Waals surface area contributed by atoms with Crippen molar-refractivity contribution in [3.63, 3.8) is 0 Å². The Morgan fingerprint density at radius 2 is 1.74 bits per heavy atom. The number of rotatable bonds is 8. The largest absolute Gasteiger partial charge is 0.325 e. The number of carbonyl (C=O) groups is 1. The van der Waals surface area contributed by atoms with Gasteiger partial charge in [-0.15, -0.1) is 11.8 Å². The van der Waals surface area contributed by atoms with Crippen LogP contribution in [0.15, 0.2) is 82.6 Å². The topological polar surface area (TPSA) is 75.3 Å². The van der Waals surface area contributed by atoms with Crippen LogP contribution in [0.25, 0.3) is 0 Å². The summed E-state index contributed by atoms with van der Waals surface area (Å²) < 4.78 is 28.5. The molecule has 0 aliphatic carbocycles. The molecular formula is C22H20Cl2N2O3S2. The molecule has 0 aromatic heterocycles. The summed E-state index contributed by atoms with van der Waals surface area (Å²) >= 11 is 13.6. The van der Waals surface area contributed by atoms with Crippen LogP contribution in [0.5, 0.6) is 0 Å². The highest BCUT2D eigenvalue weighted by Crippen LogP contribution is 2.25. The van der Waals surface area contributed by atoms with Crippen molar-refractivity contribution in [1.29, 1.82) is 0 Å². The van der Waals surface area contributed by atoms with Crippen LogP contribution in [-0.2, 0) is 21.2 Å². The molecule has 0 unspecified atom stereocenters. The van der Waals surface area contributed by atoms with E-state index in [-0.39, 0.29) is 21.4 Å². The SMILES string of the molecule is CSc1cccc(NC(=O)[C@H](Cc2ccccc2)NS(=O)(=O)c2cc(Cl)ccc2Cl)c1. The van der Waals surface area contributed by atoms with Gasteiger partial charge in [-0.1, -0.05) is 59.6 Å². The molecule has 3 aromatic rings. The molecule has 0 saturated carbocycles. The second-order valence-electron chi connectivity index (χ2n) is 6.66. The number of hydrogen-bond donors (Lipinski definition) is 2. The number of anilines is 1. The molecule has 1 amide bonds. The quantitative estimate of drug-likeness (QED) is 0.419. The van der Waals surface area contributed by atoms with Crippen LogP contribution in [-0.4, -0.2) is 26.6 Å². The molecule has 3 rings (SSSR count). The predicted molar refractivity (Wildman–Crippen MR) is 128 cm³/mol. The number of hydrogen-bond acceptors (Lipinski definition) is 4. The summed E-state index contributed by atoms with van der Waals surface area (Å²) in [5.41, 5.74) is 1.38. The van der Waals surface area contributed by atoms with Crippen molar-refractivity contribution in [2.24, 2.45) is 0 Å². The maximum absolute atomic E-state index is 13.1. The van der Waals surface area contributed by atoms with Crippen molar-refractivity contribution >= 4 is 56.6 Å². The van der Waals surface area contributed by atoms with Gasteiger partial charge in [0.15, 0.2) is 0 Å². The molecule has 0 aliphatic rings. The fourth-order valence-corrected chi connectivity index (χ4v) is 5.32. The lowest BCUT2D eigenvalue weighted by Gasteiger charge is -2.19. The molecule has 31 heavy (non-hydrogen) atoms. The minimum atomic E-state index is -4.11. The fraction of sp³-hybridized carbons (Fsp3) is 0.136. The minimum Gasteiger partial charge on any atom is -0.325 e. The van der Waals surface area contributed by atoms with E-state index in [4.69, 9.17) is 23.2 Å². The average molecular weight is 495 g/mol. The monoisotopic (exact) mass is 494 g/mol. The van der Waals surface area contributed by atoms with Crippen LogP contribution in [0.2, 0.25) is 10.0 Å². The molecule has 0 radical (unpaired) electrons. The van der Waals surface area contributed by atoms with Crippen molar-refractivity contribution in [1.82, 2.24) is 4.72 Å². The number of nitrogens with one attached hydrogen (secondary N) is 2. The smallest absolute Gasteiger partial charge is 0.242 e. The Hall–Kier alpha value is -2.03. The number of halogens is 2. The highest BCUT2D eigenvalue weighted by molar-refractivity contribution is 7.98. The molecule has 0 bridgehead atoms. The van der Waals surface area contributed by atoms with E-state index >= 15 is 0 Å². The first-order valence-corrected chi connectivity index (χ1v) is 12.7. The third kappa shape index (κ3) is 6.48. The van der Waals surface area contributed by atoms with Crippen molar-refractivity contribution in [2.75, 3.05) is 11.6 Å². The van der Waals surface area contributed by atoms with Crippen LogP contribution in [0.4, 0.5) is 5.69 Å². The molecular weight excluding hydrogens is 475 g/mol. The summed E-state index contributed by atoms with van der Waals surface area (Å²) in [5, 5.41) is 3.04. The van der Waals surface area contributed by atoms with E-state index in [1.165, 1.54) is 18.2 Å². The summed E-state index contributed by atoms with van der Waals surface area (Å²) in [5.74, 6) is -0.483. The van der Waals surface area contributed by atoms with Crippen LogP contribution in [0.1, 0.15) is 5.56 Å². The molecule has 0 aliphatic heterocycles. The lowest BCUT2D eigenvalue weighted by molar-refractivity contribution is -0.117. The van der Waals surface area contributed by atoms with E-state index in [0.717, 1.165) is 10.5 Å². The van der Waals surface area contributed by atoms with Crippen molar-refractivity contribution in [3.05, 3.63) is 88.4 Å². The Morgan fingerprint density at radius 3 is 2.45 bits per heavy atom. The Labute approximate surface area is 196 Å². The molecule has 9 heteroatoms. The highest BCUT2D eigenvalue weighted by atomic mass is 35.5. The molecule has 162 valence electrons. The first-order valence-electron chi connectivity index (χ1n) is 9.25. The van der Waals surface area contributed by atoms with Crippen molar-refractivity contribution in [3.8, 4) is 0 Å². The Balaban J connectivity index is 1.90. The van der Waals surface area contributed by atoms with E-state index in [1.54, 1.807) is 17.8 Å². The molecule has 0 saturated heterocycles. The van der Waals surface area contributed by atoms with Gasteiger partial charge in [0, 0.05) is 15.6 Å². The summed E-state index contributed by atoms with van der Waals surface area (Å²) in [6, 6.07) is 19.6. The maximum Gasteiger partial charge on any atom is 0.242 e. The summed E-state index contributed by atoms with van der Waals surface area (Å²) in [6.07, 6.45) is 2.09. The van der Waals surface area contributed by atoms with Crippen molar-refractivity contribution in [2.45, 2.75) is 22.3 Å². The number of amides is 1. The molecule has 2 N–H and O–H groups in total. The van der Waals surface area contributed by atoms with Crippen molar-refractivity contribution < 1.29 is 13.2 Å². The van der Waals surface area contributed by atoms with Gasteiger partial charge >= 0.3 is 0 Å². The normalized spacial score (nSPS) is 12.4. The van der Waals surface area contributed by atoms with E-state index in [1.807, 2.05) is 54.8 Å². The van der Waals surface area contributed by atoms with Gasteiger partial charge in [0.1, 0.15) is 10.9 Å². The standard InChI is InChI=1S/C22H20Cl2N2O3S2/c1-30-18-9-5-8-17(14-18)25-22(27)20(12-15-6-3-2-4-7-15)26-31(28,29)21-13-16(23)10-11-19(21)24/h2-11,13-14,20,26H,12H2,1H3,(H,25,27)/t20-/m0/s1. The van der Waals surface area contributed by atoms with E-state index in [0.29, 0.717) is 5.69 Å². The zero-order valence-corrected chi connectivity index (χ0v) is 19.7. The molecule has 0 heterocycles. The minimum absolute atomic E-state index is 0.0171. The first-order chi connectivity index (χ1) is 14.8. The summed E-state index contributed by atoms with van der Waals surface area (Å²) in [6.45, 7) is 0. The molecule has 1 atom stereocenters. The third-order valence-corrected chi connectivity index (χ3v) is 7.33. The zero-order chi connectivity index (χ0) is 22.4. The van der Waals surface area contributed by atoms with E-state index < -0.39 is 22.0 Å². The Bertz CT molecular complexity index is 1170. The van der Waals surface area contributed by atoms with Gasteiger partial charge in [-0.2, -0.15) is 4.72 Å². The predicted octanol–water partition coefficient (Wildman–Crippen LogP) is 5.24. The molecule has 0 fully saturated rings. The lowest BCUT2D eigenvalue weighted by atomic mass is 10.1. The average Bonchev–Trinajstić information content (AvgIpc) is 2.75. The molecule has 5 nitrogen and oxygen atoms in total. The number of sulfonamides is 1. The summed E-state index contributed by atoms with van der Waals surface area (Å²) in [4.78, 5) is 13.9. The summed E-state index contributed by atoms with van der Waals surface area (Å²) in [7, 11) is -4.11. The van der Waals surface area contributed by atoms with Crippen LogP contribution in [0, 0.1) is 0 Å². The second kappa shape index (κ2) is 10.5. The fourth-order valence-electron chi connectivity index (χ4n) is 2.90. The van der Waals surface area contributed by atoms with Crippen LogP contribution >= 0.6 is 35.0 Å². The zero-order valence-electron chi connectivity index (χ0n) is 16.5. The van der Waals surface area contributed by atoms with E-state index in [9.17, 15) is 13.2 Å². The van der Waals surface area contributed by atoms with Gasteiger partial charge in [-0.3, -0.25) is 4.79 Å². The lowest BCUT2D eigenvalue weighted by Crippen LogP contribution is -2.45. The third-order valence-electron chi connectivity index (χ3n) is 4.42. The van der Waals surface area contributed by atoms with Gasteiger partial charge in [-0.25, -0.2) is 8.42 Å². The highest BCUT2D eigenvalue weighted by Gasteiger charge is 2.28. The molecule has 0 spiro atoms. The van der Waals surface area contributed by atoms with Gasteiger partial charge in [-0.05, 0) is 54.6 Å². The van der Waals surface area contributed by atoms with Crippen LogP contribution < -0.4 is 10.0 Å². The van der Waals surface area contributed by atoms with Gasteiger partial charge < -0.3 is 5.32 Å². The number of carbonyl (C=O) groups excluding carboxylic acids is 1. The Morgan fingerprint density at radius 1 is 1.00 bits per heavy atom. The van der Waals surface area contributed by atoms with E-state index in [2.05, 4.69) is 10.0 Å². The first kappa shape index (κ1) is 23.6. The van der Waals surface area contributed by atoms with Crippen LogP contribution in [0.3, 0.4) is 0 Å². The maximum atomic E-state index is 13.1. The second-order valence-corrected chi connectivity index (χ2v) is 10.1. The molecule has 3 aromatic carbocycles. The Kier molecular flexibility index (Phi) is 8.02. The van der Waals surface area contributed by atoms with Gasteiger partial charge in [0.2, 0.25) is 15.9 Å². The number of thioether (sulfide) groups is 1. The van der Waals surface area contributed by atoms with Gasteiger partial charge in [0.05, 0.1) is 5.02 Å². The number of benzene rings is 3. The van der Waals surface area contributed by atoms with Gasteiger partial charge in [0.25, 0.3) is 0 Å².